The summed E-state index contributed by atoms with van der Waals surface area (Å²) in [5, 5.41) is 6.91. The summed E-state index contributed by atoms with van der Waals surface area (Å²) in [6.45, 7) is 5.55. The van der Waals surface area contributed by atoms with E-state index in [2.05, 4.69) is 65.2 Å². The zero-order valence-electron chi connectivity index (χ0n) is 20.7. The van der Waals surface area contributed by atoms with E-state index >= 15 is 0 Å². The maximum atomic E-state index is 12.8. The van der Waals surface area contributed by atoms with Gasteiger partial charge >= 0.3 is 0 Å². The molecular formula is C26H35BrN6O2S. The third-order valence-electron chi connectivity index (χ3n) is 6.84. The Bertz CT molecular complexity index is 1210. The number of piperidine rings is 1. The molecule has 2 aromatic carbocycles. The van der Waals surface area contributed by atoms with E-state index in [9.17, 15) is 8.42 Å². The Morgan fingerprint density at radius 2 is 1.75 bits per heavy atom. The van der Waals surface area contributed by atoms with Crippen molar-refractivity contribution >= 4 is 37.7 Å². The molecule has 1 saturated heterocycles. The van der Waals surface area contributed by atoms with Crippen molar-refractivity contribution in [1.82, 2.24) is 20.1 Å². The second-order valence-electron chi connectivity index (χ2n) is 9.49. The van der Waals surface area contributed by atoms with Gasteiger partial charge in [-0.3, -0.25) is 4.90 Å². The minimum absolute atomic E-state index is 0.182. The molecule has 36 heavy (non-hydrogen) atoms. The van der Waals surface area contributed by atoms with Crippen LogP contribution < -0.4 is 10.6 Å². The lowest BCUT2D eigenvalue weighted by Crippen LogP contribution is -2.46. The fraction of sp³-hybridized carbons (Fsp3) is 0.462. The molecule has 1 aliphatic heterocycles. The van der Waals surface area contributed by atoms with Crippen molar-refractivity contribution in [3.8, 4) is 0 Å². The van der Waals surface area contributed by atoms with Crippen molar-refractivity contribution < 1.29 is 8.42 Å². The lowest BCUT2D eigenvalue weighted by molar-refractivity contribution is 0.168. The molecule has 0 unspecified atom stereocenters. The third-order valence-corrected chi connectivity index (χ3v) is 9.19. The Hall–Kier alpha value is -2.43. The number of hydrogen-bond donors (Lipinski definition) is 2. The highest BCUT2D eigenvalue weighted by atomic mass is 79.9. The van der Waals surface area contributed by atoms with Gasteiger partial charge in [-0.05, 0) is 75.4 Å². The SMILES string of the molecule is Cc1ccc(S(=O)(=O)CCCCN(CCc2ccc(Br)cc2)C2CCN(c3n[nH]c(N)n3)CC2)cc1. The molecule has 8 nitrogen and oxygen atoms in total. The van der Waals surface area contributed by atoms with Crippen molar-refractivity contribution in [1.29, 1.82) is 0 Å². The number of halogens is 1. The summed E-state index contributed by atoms with van der Waals surface area (Å²) >= 11 is 3.51. The topological polar surface area (TPSA) is 108 Å². The van der Waals surface area contributed by atoms with Gasteiger partial charge in [0.2, 0.25) is 11.9 Å². The van der Waals surface area contributed by atoms with Gasteiger partial charge in [0.25, 0.3) is 0 Å². The van der Waals surface area contributed by atoms with Crippen molar-refractivity contribution in [3.63, 3.8) is 0 Å². The molecule has 0 bridgehead atoms. The predicted octanol–water partition coefficient (Wildman–Crippen LogP) is 4.23. The molecule has 0 amide bonds. The number of aromatic nitrogens is 3. The molecule has 10 heteroatoms. The Balaban J connectivity index is 1.33. The summed E-state index contributed by atoms with van der Waals surface area (Å²) < 4.78 is 26.6. The van der Waals surface area contributed by atoms with Gasteiger partial charge in [-0.2, -0.15) is 4.98 Å². The van der Waals surface area contributed by atoms with E-state index in [1.165, 1.54) is 5.56 Å². The average molecular weight is 576 g/mol. The number of aromatic amines is 1. The number of nitrogens with zero attached hydrogens (tertiary/aromatic N) is 4. The monoisotopic (exact) mass is 574 g/mol. The van der Waals surface area contributed by atoms with Gasteiger partial charge < -0.3 is 10.6 Å². The first-order chi connectivity index (χ1) is 17.3. The van der Waals surface area contributed by atoms with Crippen LogP contribution in [0.15, 0.2) is 57.9 Å². The van der Waals surface area contributed by atoms with Crippen LogP contribution in [0.3, 0.4) is 0 Å². The van der Waals surface area contributed by atoms with Crippen molar-refractivity contribution in [2.75, 3.05) is 42.6 Å². The molecule has 1 aliphatic rings. The first-order valence-electron chi connectivity index (χ1n) is 12.5. The van der Waals surface area contributed by atoms with Gasteiger partial charge in [0, 0.05) is 30.1 Å². The van der Waals surface area contributed by atoms with Crippen LogP contribution in [-0.2, 0) is 16.3 Å². The number of rotatable bonds is 11. The van der Waals surface area contributed by atoms with E-state index in [0.29, 0.717) is 29.3 Å². The molecule has 4 rings (SSSR count). The molecule has 0 atom stereocenters. The molecule has 1 aromatic heterocycles. The molecule has 0 saturated carbocycles. The smallest absolute Gasteiger partial charge is 0.246 e. The second-order valence-corrected chi connectivity index (χ2v) is 12.5. The first-order valence-corrected chi connectivity index (χ1v) is 15.0. The number of nitrogens with two attached hydrogens (primary N) is 1. The standard InChI is InChI=1S/C26H35BrN6O2S/c1-20-4-10-24(11-5-20)36(34,35)19-3-2-15-32(16-12-21-6-8-22(27)9-7-21)23-13-17-33(18-14-23)26-29-25(28)30-31-26/h4-11,23H,2-3,12-19H2,1H3,(H3,28,29,30,31). The fourth-order valence-corrected chi connectivity index (χ4v) is 6.34. The number of nitrogens with one attached hydrogen (secondary N) is 1. The molecular weight excluding hydrogens is 540 g/mol. The zero-order valence-corrected chi connectivity index (χ0v) is 23.1. The lowest BCUT2D eigenvalue weighted by Gasteiger charge is -2.38. The fourth-order valence-electron chi connectivity index (χ4n) is 4.71. The van der Waals surface area contributed by atoms with Crippen molar-refractivity contribution in [2.24, 2.45) is 0 Å². The van der Waals surface area contributed by atoms with Gasteiger partial charge in [0.05, 0.1) is 10.6 Å². The number of benzene rings is 2. The van der Waals surface area contributed by atoms with Gasteiger partial charge in [-0.25, -0.2) is 13.5 Å². The van der Waals surface area contributed by atoms with E-state index in [0.717, 1.165) is 61.9 Å². The number of H-pyrrole nitrogens is 1. The number of anilines is 2. The highest BCUT2D eigenvalue weighted by Gasteiger charge is 2.26. The highest BCUT2D eigenvalue weighted by Crippen LogP contribution is 2.22. The average Bonchev–Trinajstić information content (AvgIpc) is 3.31. The maximum absolute atomic E-state index is 12.8. The number of sulfone groups is 1. The van der Waals surface area contributed by atoms with Crippen molar-refractivity contribution in [3.05, 3.63) is 64.1 Å². The van der Waals surface area contributed by atoms with Gasteiger partial charge in [0.15, 0.2) is 9.84 Å². The molecule has 2 heterocycles. The van der Waals surface area contributed by atoms with Crippen LogP contribution in [0.1, 0.15) is 36.8 Å². The quantitative estimate of drug-likeness (QED) is 0.330. The van der Waals surface area contributed by atoms with Gasteiger partial charge in [-0.1, -0.05) is 45.8 Å². The van der Waals surface area contributed by atoms with E-state index in [1.54, 1.807) is 12.1 Å². The van der Waals surface area contributed by atoms with Crippen LogP contribution in [-0.4, -0.2) is 66.5 Å². The Morgan fingerprint density at radius 1 is 1.06 bits per heavy atom. The molecule has 3 N–H and O–H groups in total. The normalized spacial score (nSPS) is 15.0. The summed E-state index contributed by atoms with van der Waals surface area (Å²) in [4.78, 5) is 9.40. The molecule has 3 aromatic rings. The summed E-state index contributed by atoms with van der Waals surface area (Å²) in [5.74, 6) is 1.18. The van der Waals surface area contributed by atoms with Crippen LogP contribution in [0.4, 0.5) is 11.9 Å². The predicted molar refractivity (Wildman–Crippen MR) is 148 cm³/mol. The minimum Gasteiger partial charge on any atom is -0.368 e. The summed E-state index contributed by atoms with van der Waals surface area (Å²) in [6.07, 6.45) is 4.49. The van der Waals surface area contributed by atoms with Crippen LogP contribution in [0.5, 0.6) is 0 Å². The Morgan fingerprint density at radius 3 is 2.39 bits per heavy atom. The van der Waals surface area contributed by atoms with Gasteiger partial charge in [-0.15, -0.1) is 5.10 Å². The van der Waals surface area contributed by atoms with Gasteiger partial charge in [0.1, 0.15) is 0 Å². The van der Waals surface area contributed by atoms with E-state index in [1.807, 2.05) is 19.1 Å². The number of hydrogen-bond acceptors (Lipinski definition) is 7. The lowest BCUT2D eigenvalue weighted by atomic mass is 10.0. The summed E-state index contributed by atoms with van der Waals surface area (Å²) in [5.41, 5.74) is 8.06. The second kappa shape index (κ2) is 12.2. The maximum Gasteiger partial charge on any atom is 0.246 e. The largest absolute Gasteiger partial charge is 0.368 e. The van der Waals surface area contributed by atoms with Crippen LogP contribution in [0, 0.1) is 6.92 Å². The van der Waals surface area contributed by atoms with Crippen LogP contribution in [0.2, 0.25) is 0 Å². The van der Waals surface area contributed by atoms with E-state index < -0.39 is 9.84 Å². The molecule has 0 spiro atoms. The van der Waals surface area contributed by atoms with Crippen LogP contribution >= 0.6 is 15.9 Å². The highest BCUT2D eigenvalue weighted by molar-refractivity contribution is 9.10. The van der Waals surface area contributed by atoms with Crippen molar-refractivity contribution in [2.45, 2.75) is 50.0 Å². The van der Waals surface area contributed by atoms with E-state index in [-0.39, 0.29) is 5.75 Å². The summed E-state index contributed by atoms with van der Waals surface area (Å²) in [7, 11) is -3.25. The molecule has 1 fully saturated rings. The molecule has 0 radical (unpaired) electrons. The third kappa shape index (κ3) is 7.30. The molecule has 194 valence electrons. The minimum atomic E-state index is -3.25. The zero-order chi connectivity index (χ0) is 25.5. The Kier molecular flexibility index (Phi) is 9.03. The molecule has 0 aliphatic carbocycles. The van der Waals surface area contributed by atoms with E-state index in [4.69, 9.17) is 5.73 Å². The van der Waals surface area contributed by atoms with Crippen LogP contribution in [0.25, 0.3) is 0 Å². The number of unbranched alkanes of at least 4 members (excludes halogenated alkanes) is 1. The number of nitrogen functional groups attached to an aromatic ring is 1. The summed E-state index contributed by atoms with van der Waals surface area (Å²) in [6, 6.07) is 16.1. The number of aryl methyl sites for hydroxylation is 1. The Labute approximate surface area is 222 Å². The first kappa shape index (κ1) is 26.6.